The Hall–Kier alpha value is -1.22. The van der Waals surface area contributed by atoms with Crippen LogP contribution in [-0.2, 0) is 4.74 Å². The first-order valence-electron chi connectivity index (χ1n) is 5.25. The molecule has 2 nitrogen and oxygen atoms in total. The van der Waals surface area contributed by atoms with Crippen molar-refractivity contribution >= 4 is 6.21 Å². The van der Waals surface area contributed by atoms with Crippen molar-refractivity contribution in [3.05, 3.63) is 35.1 Å². The van der Waals surface area contributed by atoms with Gasteiger partial charge in [-0.05, 0) is 18.6 Å². The predicted molar refractivity (Wildman–Crippen MR) is 57.6 cm³/mol. The molecule has 0 saturated carbocycles. The second-order valence-corrected chi connectivity index (χ2v) is 3.63. The van der Waals surface area contributed by atoms with Crippen LogP contribution >= 0.6 is 0 Å². The van der Waals surface area contributed by atoms with Crippen molar-refractivity contribution in [2.75, 3.05) is 6.61 Å². The fourth-order valence-electron chi connectivity index (χ4n) is 1.58. The van der Waals surface area contributed by atoms with Gasteiger partial charge in [0.25, 0.3) is 0 Å². The molecule has 1 unspecified atom stereocenters. The number of hydrogen-bond acceptors (Lipinski definition) is 2. The van der Waals surface area contributed by atoms with Crippen molar-refractivity contribution in [2.45, 2.75) is 26.0 Å². The number of aliphatic imine (C=N–C) groups is 1. The summed E-state index contributed by atoms with van der Waals surface area (Å²) in [4.78, 5) is 4.20. The van der Waals surface area contributed by atoms with Crippen LogP contribution in [0.5, 0.6) is 0 Å². The van der Waals surface area contributed by atoms with Crippen LogP contribution in [0, 0.1) is 5.82 Å². The van der Waals surface area contributed by atoms with E-state index in [1.807, 2.05) is 0 Å². The number of hydrogen-bond donors (Lipinski definition) is 0. The summed E-state index contributed by atoms with van der Waals surface area (Å²) in [7, 11) is 0. The summed E-state index contributed by atoms with van der Waals surface area (Å²) in [5.41, 5.74) is 1.80. The minimum absolute atomic E-state index is 0.233. The molecule has 0 aromatic heterocycles. The average molecular weight is 207 g/mol. The number of benzene rings is 1. The Morgan fingerprint density at radius 1 is 1.47 bits per heavy atom. The van der Waals surface area contributed by atoms with Crippen molar-refractivity contribution in [3.8, 4) is 0 Å². The van der Waals surface area contributed by atoms with Crippen molar-refractivity contribution in [2.24, 2.45) is 4.99 Å². The maximum Gasteiger partial charge on any atom is 0.174 e. The summed E-state index contributed by atoms with van der Waals surface area (Å²) in [6, 6.07) is 4.68. The molecule has 0 amide bonds. The molecule has 0 fully saturated rings. The first-order chi connectivity index (χ1) is 7.31. The van der Waals surface area contributed by atoms with Crippen LogP contribution in [0.4, 0.5) is 4.39 Å². The summed E-state index contributed by atoms with van der Waals surface area (Å²) in [6.45, 7) is 2.78. The van der Waals surface area contributed by atoms with E-state index < -0.39 is 0 Å². The monoisotopic (exact) mass is 207 g/mol. The molecule has 1 aliphatic heterocycles. The van der Waals surface area contributed by atoms with Crippen molar-refractivity contribution in [1.29, 1.82) is 0 Å². The Labute approximate surface area is 88.8 Å². The lowest BCUT2D eigenvalue weighted by atomic mass is 10.1. The normalized spacial score (nSPS) is 18.1. The number of halogens is 1. The van der Waals surface area contributed by atoms with Gasteiger partial charge in [-0.2, -0.15) is 0 Å². The molecule has 0 spiro atoms. The lowest BCUT2D eigenvalue weighted by molar-refractivity contribution is 0.0593. The number of nitrogens with zero attached hydrogens (tertiary/aromatic N) is 1. The van der Waals surface area contributed by atoms with Gasteiger partial charge in [-0.1, -0.05) is 19.4 Å². The van der Waals surface area contributed by atoms with Crippen LogP contribution in [0.25, 0.3) is 0 Å². The SMILES string of the molecule is CCCCOC1N=Cc2ccc(F)cc21. The Morgan fingerprint density at radius 3 is 3.13 bits per heavy atom. The first-order valence-corrected chi connectivity index (χ1v) is 5.25. The molecule has 0 saturated heterocycles. The molecule has 1 aliphatic rings. The summed E-state index contributed by atoms with van der Waals surface area (Å²) in [5.74, 6) is -0.233. The Balaban J connectivity index is 2.06. The lowest BCUT2D eigenvalue weighted by Crippen LogP contribution is -2.01. The second kappa shape index (κ2) is 4.53. The van der Waals surface area contributed by atoms with E-state index in [0.717, 1.165) is 24.0 Å². The predicted octanol–water partition coefficient (Wildman–Crippen LogP) is 3.07. The summed E-state index contributed by atoms with van der Waals surface area (Å²) < 4.78 is 18.6. The third-order valence-corrected chi connectivity index (χ3v) is 2.44. The zero-order valence-electron chi connectivity index (χ0n) is 8.74. The zero-order chi connectivity index (χ0) is 10.7. The quantitative estimate of drug-likeness (QED) is 0.695. The third kappa shape index (κ3) is 2.23. The lowest BCUT2D eigenvalue weighted by Gasteiger charge is -2.10. The molecule has 2 rings (SSSR count). The maximum atomic E-state index is 13.0. The van der Waals surface area contributed by atoms with Gasteiger partial charge in [0.15, 0.2) is 6.23 Å². The van der Waals surface area contributed by atoms with E-state index in [1.54, 1.807) is 12.3 Å². The molecule has 1 atom stereocenters. The molecule has 1 heterocycles. The molecular formula is C12H14FNO. The largest absolute Gasteiger partial charge is 0.352 e. The van der Waals surface area contributed by atoms with Gasteiger partial charge in [-0.25, -0.2) is 4.39 Å². The van der Waals surface area contributed by atoms with Gasteiger partial charge in [0.1, 0.15) is 5.82 Å². The molecule has 80 valence electrons. The van der Waals surface area contributed by atoms with E-state index in [4.69, 9.17) is 4.74 Å². The minimum atomic E-state index is -0.303. The molecule has 3 heteroatoms. The first kappa shape index (κ1) is 10.3. The van der Waals surface area contributed by atoms with Gasteiger partial charge in [0.05, 0.1) is 0 Å². The molecule has 0 aliphatic carbocycles. The average Bonchev–Trinajstić information content (AvgIpc) is 2.62. The van der Waals surface area contributed by atoms with Crippen LogP contribution in [0.2, 0.25) is 0 Å². The van der Waals surface area contributed by atoms with Gasteiger partial charge < -0.3 is 4.74 Å². The highest BCUT2D eigenvalue weighted by atomic mass is 19.1. The Bertz CT molecular complexity index is 376. The number of rotatable bonds is 4. The van der Waals surface area contributed by atoms with Crippen LogP contribution in [-0.4, -0.2) is 12.8 Å². The van der Waals surface area contributed by atoms with Gasteiger partial charge in [-0.15, -0.1) is 0 Å². The van der Waals surface area contributed by atoms with Crippen molar-refractivity contribution in [3.63, 3.8) is 0 Å². The van der Waals surface area contributed by atoms with E-state index in [9.17, 15) is 4.39 Å². The zero-order valence-corrected chi connectivity index (χ0v) is 8.74. The molecule has 1 aromatic rings. The molecule has 0 radical (unpaired) electrons. The van der Waals surface area contributed by atoms with Crippen LogP contribution in [0.3, 0.4) is 0 Å². The van der Waals surface area contributed by atoms with Crippen LogP contribution in [0.1, 0.15) is 37.1 Å². The van der Waals surface area contributed by atoms with E-state index in [-0.39, 0.29) is 12.0 Å². The molecule has 15 heavy (non-hydrogen) atoms. The molecule has 0 N–H and O–H groups in total. The topological polar surface area (TPSA) is 21.6 Å². The van der Waals surface area contributed by atoms with Crippen LogP contribution < -0.4 is 0 Å². The Kier molecular flexibility index (Phi) is 3.11. The second-order valence-electron chi connectivity index (χ2n) is 3.63. The minimum Gasteiger partial charge on any atom is -0.352 e. The van der Waals surface area contributed by atoms with Gasteiger partial charge >= 0.3 is 0 Å². The van der Waals surface area contributed by atoms with E-state index in [1.165, 1.54) is 12.1 Å². The van der Waals surface area contributed by atoms with Gasteiger partial charge in [-0.3, -0.25) is 4.99 Å². The highest BCUT2D eigenvalue weighted by molar-refractivity contribution is 5.84. The fourth-order valence-corrected chi connectivity index (χ4v) is 1.58. The number of ether oxygens (including phenoxy) is 1. The van der Waals surface area contributed by atoms with Crippen molar-refractivity contribution < 1.29 is 9.13 Å². The van der Waals surface area contributed by atoms with Gasteiger partial charge in [0.2, 0.25) is 0 Å². The summed E-state index contributed by atoms with van der Waals surface area (Å²) in [6.07, 6.45) is 3.54. The maximum absolute atomic E-state index is 13.0. The number of fused-ring (bicyclic) bond motifs is 1. The van der Waals surface area contributed by atoms with E-state index in [0.29, 0.717) is 6.61 Å². The molecule has 1 aromatic carbocycles. The summed E-state index contributed by atoms with van der Waals surface area (Å²) in [5, 5.41) is 0. The third-order valence-electron chi connectivity index (χ3n) is 2.44. The highest BCUT2D eigenvalue weighted by Crippen LogP contribution is 2.28. The molecular weight excluding hydrogens is 193 g/mol. The van der Waals surface area contributed by atoms with Gasteiger partial charge in [0, 0.05) is 23.9 Å². The van der Waals surface area contributed by atoms with Crippen LogP contribution in [0.15, 0.2) is 23.2 Å². The summed E-state index contributed by atoms with van der Waals surface area (Å²) >= 11 is 0. The highest BCUT2D eigenvalue weighted by Gasteiger charge is 2.19. The fraction of sp³-hybridized carbons (Fsp3) is 0.417. The number of unbranched alkanes of at least 4 members (excludes halogenated alkanes) is 1. The smallest absolute Gasteiger partial charge is 0.174 e. The van der Waals surface area contributed by atoms with E-state index >= 15 is 0 Å². The Morgan fingerprint density at radius 2 is 2.33 bits per heavy atom. The standard InChI is InChI=1S/C12H14FNO/c1-2-3-6-15-12-11-7-10(13)5-4-9(11)8-14-12/h4-5,7-8,12H,2-3,6H2,1H3. The molecule has 0 bridgehead atoms. The van der Waals surface area contributed by atoms with E-state index in [2.05, 4.69) is 11.9 Å². The van der Waals surface area contributed by atoms with Crippen molar-refractivity contribution in [1.82, 2.24) is 0 Å².